The van der Waals surface area contributed by atoms with Gasteiger partial charge in [-0.2, -0.15) is 0 Å². The number of methoxy groups -OCH3 is 1. The lowest BCUT2D eigenvalue weighted by molar-refractivity contribution is 0.390. The van der Waals surface area contributed by atoms with Crippen LogP contribution in [0.1, 0.15) is 11.1 Å². The van der Waals surface area contributed by atoms with Crippen LogP contribution in [0.3, 0.4) is 0 Å². The van der Waals surface area contributed by atoms with Gasteiger partial charge in [0.1, 0.15) is 16.4 Å². The zero-order valence-corrected chi connectivity index (χ0v) is 10.1. The van der Waals surface area contributed by atoms with Crippen LogP contribution in [0.5, 0.6) is 11.5 Å². The largest absolute Gasteiger partial charge is 0.507 e. The van der Waals surface area contributed by atoms with Crippen LogP contribution >= 0.6 is 10.7 Å². The van der Waals surface area contributed by atoms with Gasteiger partial charge in [0.15, 0.2) is 0 Å². The van der Waals surface area contributed by atoms with Crippen LogP contribution in [-0.4, -0.2) is 20.6 Å². The van der Waals surface area contributed by atoms with Crippen LogP contribution in [-0.2, 0) is 9.05 Å². The van der Waals surface area contributed by atoms with Gasteiger partial charge in [-0.15, -0.1) is 0 Å². The molecular weight excluding hydrogens is 240 g/mol. The summed E-state index contributed by atoms with van der Waals surface area (Å²) in [6, 6.07) is 1.28. The van der Waals surface area contributed by atoms with Crippen molar-refractivity contribution in [1.29, 1.82) is 0 Å². The predicted octanol–water partition coefficient (Wildman–Crippen LogP) is 1.95. The van der Waals surface area contributed by atoms with Crippen LogP contribution < -0.4 is 4.74 Å². The van der Waals surface area contributed by atoms with E-state index in [1.54, 1.807) is 13.8 Å². The fourth-order valence-corrected chi connectivity index (χ4v) is 2.47. The lowest BCUT2D eigenvalue weighted by Crippen LogP contribution is -1.99. The van der Waals surface area contributed by atoms with Crippen molar-refractivity contribution in [3.63, 3.8) is 0 Å². The minimum absolute atomic E-state index is 0.0101. The van der Waals surface area contributed by atoms with Crippen molar-refractivity contribution < 1.29 is 18.3 Å². The van der Waals surface area contributed by atoms with Crippen LogP contribution in [0, 0.1) is 13.8 Å². The van der Waals surface area contributed by atoms with E-state index in [1.807, 2.05) is 0 Å². The average Bonchev–Trinajstić information content (AvgIpc) is 2.12. The second kappa shape index (κ2) is 3.90. The summed E-state index contributed by atoms with van der Waals surface area (Å²) in [6.45, 7) is 3.15. The van der Waals surface area contributed by atoms with Crippen LogP contribution in [0.4, 0.5) is 0 Å². The SMILES string of the molecule is COc1c(S(=O)(=O)Cl)cc(C)c(O)c1C. The Morgan fingerprint density at radius 1 is 1.40 bits per heavy atom. The number of aromatic hydroxyl groups is 1. The molecular formula is C9H11ClO4S. The molecule has 84 valence electrons. The zero-order chi connectivity index (χ0) is 11.8. The van der Waals surface area contributed by atoms with Gasteiger partial charge in [-0.25, -0.2) is 8.42 Å². The Morgan fingerprint density at radius 2 is 1.93 bits per heavy atom. The third-order valence-electron chi connectivity index (χ3n) is 2.11. The Bertz CT molecular complexity index is 493. The van der Waals surface area contributed by atoms with Gasteiger partial charge in [-0.05, 0) is 25.5 Å². The third-order valence-corrected chi connectivity index (χ3v) is 3.43. The first-order valence-electron chi connectivity index (χ1n) is 4.11. The smallest absolute Gasteiger partial charge is 0.265 e. The fourth-order valence-electron chi connectivity index (χ4n) is 1.35. The number of rotatable bonds is 2. The molecule has 0 heterocycles. The van der Waals surface area contributed by atoms with Crippen molar-refractivity contribution in [1.82, 2.24) is 0 Å². The number of aryl methyl sites for hydroxylation is 1. The fraction of sp³-hybridized carbons (Fsp3) is 0.333. The number of phenolic OH excluding ortho intramolecular Hbond substituents is 1. The maximum absolute atomic E-state index is 11.2. The number of hydrogen-bond donors (Lipinski definition) is 1. The second-order valence-electron chi connectivity index (χ2n) is 3.14. The Morgan fingerprint density at radius 3 is 2.33 bits per heavy atom. The molecule has 0 unspecified atom stereocenters. The summed E-state index contributed by atoms with van der Waals surface area (Å²) in [6.07, 6.45) is 0. The van der Waals surface area contributed by atoms with Crippen LogP contribution in [0.25, 0.3) is 0 Å². The molecule has 4 nitrogen and oxygen atoms in total. The topological polar surface area (TPSA) is 63.6 Å². The average molecular weight is 251 g/mol. The number of halogens is 1. The molecule has 0 saturated heterocycles. The molecule has 0 bridgehead atoms. The number of hydrogen-bond acceptors (Lipinski definition) is 4. The van der Waals surface area contributed by atoms with E-state index >= 15 is 0 Å². The van der Waals surface area contributed by atoms with E-state index in [-0.39, 0.29) is 16.4 Å². The van der Waals surface area contributed by atoms with Crippen LogP contribution in [0.15, 0.2) is 11.0 Å². The molecule has 0 aromatic heterocycles. The molecule has 1 N–H and O–H groups in total. The summed E-state index contributed by atoms with van der Waals surface area (Å²) in [5.41, 5.74) is 0.796. The van der Waals surface area contributed by atoms with Crippen molar-refractivity contribution in [2.75, 3.05) is 7.11 Å². The van der Waals surface area contributed by atoms with E-state index in [2.05, 4.69) is 0 Å². The lowest BCUT2D eigenvalue weighted by Gasteiger charge is -2.12. The first-order chi connectivity index (χ1) is 6.79. The molecule has 0 aliphatic heterocycles. The van der Waals surface area contributed by atoms with Gasteiger partial charge in [0.2, 0.25) is 0 Å². The maximum Gasteiger partial charge on any atom is 0.265 e. The second-order valence-corrected chi connectivity index (χ2v) is 5.67. The minimum atomic E-state index is -3.87. The van der Waals surface area contributed by atoms with Crippen molar-refractivity contribution in [2.24, 2.45) is 0 Å². The van der Waals surface area contributed by atoms with Gasteiger partial charge in [0.05, 0.1) is 7.11 Å². The highest BCUT2D eigenvalue weighted by atomic mass is 35.7. The Balaban J connectivity index is 3.68. The van der Waals surface area contributed by atoms with E-state index in [9.17, 15) is 13.5 Å². The molecule has 1 aromatic rings. The van der Waals surface area contributed by atoms with Gasteiger partial charge < -0.3 is 9.84 Å². The molecule has 1 aromatic carbocycles. The van der Waals surface area contributed by atoms with Gasteiger partial charge in [-0.1, -0.05) is 0 Å². The Hall–Kier alpha value is -0.940. The molecule has 0 amide bonds. The van der Waals surface area contributed by atoms with E-state index in [1.165, 1.54) is 13.2 Å². The quantitative estimate of drug-likeness (QED) is 0.815. The van der Waals surface area contributed by atoms with Crippen molar-refractivity contribution in [2.45, 2.75) is 18.7 Å². The Kier molecular flexibility index (Phi) is 3.16. The minimum Gasteiger partial charge on any atom is -0.507 e. The summed E-state index contributed by atoms with van der Waals surface area (Å²) < 4.78 is 27.4. The summed E-state index contributed by atoms with van der Waals surface area (Å²) in [5.74, 6) is 0.0871. The van der Waals surface area contributed by atoms with Gasteiger partial charge in [0.25, 0.3) is 9.05 Å². The first kappa shape index (κ1) is 12.1. The normalized spacial score (nSPS) is 11.5. The number of phenols is 1. The lowest BCUT2D eigenvalue weighted by atomic mass is 10.1. The highest BCUT2D eigenvalue weighted by Crippen LogP contribution is 2.37. The van der Waals surface area contributed by atoms with Gasteiger partial charge in [0, 0.05) is 16.2 Å². The van der Waals surface area contributed by atoms with E-state index in [4.69, 9.17) is 15.4 Å². The van der Waals surface area contributed by atoms with Gasteiger partial charge >= 0.3 is 0 Å². The Labute approximate surface area is 92.9 Å². The molecule has 0 spiro atoms. The van der Waals surface area contributed by atoms with E-state index in [0.717, 1.165) is 0 Å². The predicted molar refractivity (Wildman–Crippen MR) is 57.2 cm³/mol. The molecule has 1 rings (SSSR count). The van der Waals surface area contributed by atoms with E-state index < -0.39 is 9.05 Å². The first-order valence-corrected chi connectivity index (χ1v) is 6.41. The molecule has 0 fully saturated rings. The molecule has 6 heteroatoms. The summed E-state index contributed by atoms with van der Waals surface area (Å²) in [7, 11) is 2.70. The molecule has 0 aliphatic carbocycles. The highest BCUT2D eigenvalue weighted by molar-refractivity contribution is 8.13. The number of benzene rings is 1. The molecule has 0 saturated carbocycles. The van der Waals surface area contributed by atoms with E-state index in [0.29, 0.717) is 11.1 Å². The van der Waals surface area contributed by atoms with Crippen molar-refractivity contribution in [3.05, 3.63) is 17.2 Å². The summed E-state index contributed by atoms with van der Waals surface area (Å²) >= 11 is 0. The molecule has 0 radical (unpaired) electrons. The monoisotopic (exact) mass is 250 g/mol. The summed E-state index contributed by atoms with van der Waals surface area (Å²) in [5, 5.41) is 9.59. The molecule has 15 heavy (non-hydrogen) atoms. The zero-order valence-electron chi connectivity index (χ0n) is 8.54. The molecule has 0 aliphatic rings. The standard InChI is InChI=1S/C9H11ClO4S/c1-5-4-7(15(10,12)13)9(14-3)6(2)8(5)11/h4,11H,1-3H3. The number of ether oxygens (including phenoxy) is 1. The van der Waals surface area contributed by atoms with Crippen LogP contribution in [0.2, 0.25) is 0 Å². The van der Waals surface area contributed by atoms with Crippen molar-refractivity contribution in [3.8, 4) is 11.5 Å². The van der Waals surface area contributed by atoms with Crippen molar-refractivity contribution >= 4 is 19.7 Å². The third kappa shape index (κ3) is 2.18. The highest BCUT2D eigenvalue weighted by Gasteiger charge is 2.21. The van der Waals surface area contributed by atoms with Gasteiger partial charge in [-0.3, -0.25) is 0 Å². The molecule has 0 atom stereocenters. The summed E-state index contributed by atoms with van der Waals surface area (Å²) in [4.78, 5) is -0.125. The maximum atomic E-state index is 11.2.